The Morgan fingerprint density at radius 1 is 1.38 bits per heavy atom. The van der Waals surface area contributed by atoms with Crippen molar-refractivity contribution < 1.29 is 19.4 Å². The summed E-state index contributed by atoms with van der Waals surface area (Å²) in [5.74, 6) is -0.772. The van der Waals surface area contributed by atoms with E-state index in [1.165, 1.54) is 5.38 Å². The van der Waals surface area contributed by atoms with Gasteiger partial charge in [0.1, 0.15) is 10.8 Å². The lowest BCUT2D eigenvalue weighted by atomic mass is 10.3. The van der Waals surface area contributed by atoms with E-state index in [-0.39, 0.29) is 18.0 Å². The third-order valence-electron chi connectivity index (χ3n) is 2.54. The molecule has 2 N–H and O–H groups in total. The molecule has 110 valence electrons. The van der Waals surface area contributed by atoms with E-state index in [0.29, 0.717) is 23.1 Å². The van der Waals surface area contributed by atoms with Crippen molar-refractivity contribution in [2.45, 2.75) is 13.3 Å². The van der Waals surface area contributed by atoms with E-state index in [1.54, 1.807) is 18.2 Å². The quantitative estimate of drug-likeness (QED) is 0.855. The van der Waals surface area contributed by atoms with Crippen LogP contribution in [0.15, 0.2) is 29.6 Å². The number of aromatic nitrogens is 1. The third kappa shape index (κ3) is 4.03. The van der Waals surface area contributed by atoms with Crippen LogP contribution in [-0.2, 0) is 11.2 Å². The number of nitrogens with one attached hydrogen (secondary N) is 1. The van der Waals surface area contributed by atoms with E-state index in [4.69, 9.17) is 9.84 Å². The molecule has 2 aromatic rings. The number of hydrogen-bond acceptors (Lipinski definition) is 5. The summed E-state index contributed by atoms with van der Waals surface area (Å²) in [6.07, 6.45) is 0.0262. The number of ether oxygens (including phenoxy) is 1. The molecule has 1 aromatic carbocycles. The fraction of sp³-hybridized carbons (Fsp3) is 0.214. The van der Waals surface area contributed by atoms with Crippen molar-refractivity contribution in [3.63, 3.8) is 0 Å². The number of benzene rings is 1. The summed E-state index contributed by atoms with van der Waals surface area (Å²) in [5, 5.41) is 13.4. The highest BCUT2D eigenvalue weighted by molar-refractivity contribution is 7.09. The van der Waals surface area contributed by atoms with Crippen LogP contribution in [0.25, 0.3) is 0 Å². The molecular weight excluding hydrogens is 292 g/mol. The summed E-state index contributed by atoms with van der Waals surface area (Å²) >= 11 is 1.15. The molecule has 1 heterocycles. The van der Waals surface area contributed by atoms with Gasteiger partial charge in [0, 0.05) is 5.38 Å². The van der Waals surface area contributed by atoms with Gasteiger partial charge < -0.3 is 15.2 Å². The molecule has 0 aliphatic carbocycles. The highest BCUT2D eigenvalue weighted by Crippen LogP contribution is 2.24. The Balaban J connectivity index is 2.02. The molecule has 6 nitrogen and oxygen atoms in total. The highest BCUT2D eigenvalue weighted by Gasteiger charge is 2.13. The zero-order valence-corrected chi connectivity index (χ0v) is 12.1. The summed E-state index contributed by atoms with van der Waals surface area (Å²) in [6.45, 7) is 2.36. The molecule has 0 unspecified atom stereocenters. The summed E-state index contributed by atoms with van der Waals surface area (Å²) in [4.78, 5) is 26.6. The number of nitrogens with zero attached hydrogens (tertiary/aromatic N) is 1. The first-order chi connectivity index (χ1) is 10.1. The van der Waals surface area contributed by atoms with E-state index in [9.17, 15) is 9.59 Å². The second-order valence-corrected chi connectivity index (χ2v) is 5.03. The van der Waals surface area contributed by atoms with Crippen LogP contribution in [0.2, 0.25) is 0 Å². The first-order valence-corrected chi connectivity index (χ1v) is 7.17. The van der Waals surface area contributed by atoms with Crippen LogP contribution in [0.3, 0.4) is 0 Å². The fourth-order valence-corrected chi connectivity index (χ4v) is 2.44. The van der Waals surface area contributed by atoms with E-state index in [1.807, 2.05) is 13.0 Å². The normalized spacial score (nSPS) is 10.1. The molecule has 0 saturated carbocycles. The molecule has 1 amide bonds. The highest BCUT2D eigenvalue weighted by atomic mass is 32.1. The average Bonchev–Trinajstić information content (AvgIpc) is 2.90. The Labute approximate surface area is 125 Å². The fourth-order valence-electron chi connectivity index (χ4n) is 1.67. The first kappa shape index (κ1) is 15.0. The molecule has 7 heteroatoms. The van der Waals surface area contributed by atoms with Gasteiger partial charge in [0.2, 0.25) is 5.91 Å². The van der Waals surface area contributed by atoms with E-state index in [2.05, 4.69) is 10.3 Å². The number of rotatable bonds is 6. The zero-order chi connectivity index (χ0) is 15.2. The average molecular weight is 306 g/mol. The molecule has 1 aromatic heterocycles. The van der Waals surface area contributed by atoms with E-state index in [0.717, 1.165) is 11.3 Å². The number of hydrogen-bond donors (Lipinski definition) is 2. The third-order valence-corrected chi connectivity index (χ3v) is 3.39. The summed E-state index contributed by atoms with van der Waals surface area (Å²) < 4.78 is 5.42. The predicted molar refractivity (Wildman–Crippen MR) is 79.0 cm³/mol. The maximum atomic E-state index is 12.0. The number of carbonyl (C=O) groups excluding carboxylic acids is 1. The largest absolute Gasteiger partial charge is 0.492 e. The van der Waals surface area contributed by atoms with Crippen molar-refractivity contribution in [3.05, 3.63) is 40.3 Å². The van der Waals surface area contributed by atoms with Gasteiger partial charge in [0.15, 0.2) is 5.69 Å². The van der Waals surface area contributed by atoms with Gasteiger partial charge in [-0.15, -0.1) is 11.3 Å². The van der Waals surface area contributed by atoms with Gasteiger partial charge in [-0.05, 0) is 19.1 Å². The molecule has 0 aliphatic heterocycles. The van der Waals surface area contributed by atoms with Gasteiger partial charge >= 0.3 is 5.97 Å². The molecule has 0 aliphatic rings. The number of carbonyl (C=O) groups is 2. The van der Waals surface area contributed by atoms with Crippen LogP contribution in [-0.4, -0.2) is 28.6 Å². The summed E-state index contributed by atoms with van der Waals surface area (Å²) in [6, 6.07) is 7.13. The molecule has 0 spiro atoms. The Hall–Kier alpha value is -2.41. The zero-order valence-electron chi connectivity index (χ0n) is 11.3. The van der Waals surface area contributed by atoms with Crippen LogP contribution in [0.4, 0.5) is 5.69 Å². The van der Waals surface area contributed by atoms with Crippen molar-refractivity contribution in [2.24, 2.45) is 0 Å². The minimum absolute atomic E-state index is 0.0262. The Kier molecular flexibility index (Phi) is 4.89. The van der Waals surface area contributed by atoms with Crippen LogP contribution >= 0.6 is 11.3 Å². The number of carboxylic acids is 1. The van der Waals surface area contributed by atoms with Gasteiger partial charge in [0.05, 0.1) is 18.7 Å². The second-order valence-electron chi connectivity index (χ2n) is 4.09. The lowest BCUT2D eigenvalue weighted by molar-refractivity contribution is -0.115. The number of amides is 1. The molecule has 0 saturated heterocycles. The van der Waals surface area contributed by atoms with E-state index >= 15 is 0 Å². The summed E-state index contributed by atoms with van der Waals surface area (Å²) in [7, 11) is 0. The van der Waals surface area contributed by atoms with Crippen molar-refractivity contribution in [1.29, 1.82) is 0 Å². The van der Waals surface area contributed by atoms with Crippen LogP contribution in [0.5, 0.6) is 5.75 Å². The lowest BCUT2D eigenvalue weighted by Gasteiger charge is -2.10. The van der Waals surface area contributed by atoms with Gasteiger partial charge in [-0.2, -0.15) is 0 Å². The Morgan fingerprint density at radius 3 is 2.81 bits per heavy atom. The Bertz CT molecular complexity index is 654. The monoisotopic (exact) mass is 306 g/mol. The van der Waals surface area contributed by atoms with Crippen molar-refractivity contribution in [2.75, 3.05) is 11.9 Å². The molecule has 21 heavy (non-hydrogen) atoms. The number of para-hydroxylation sites is 2. The molecule has 0 atom stereocenters. The first-order valence-electron chi connectivity index (χ1n) is 6.29. The van der Waals surface area contributed by atoms with Gasteiger partial charge in [0.25, 0.3) is 0 Å². The van der Waals surface area contributed by atoms with Crippen LogP contribution in [0.1, 0.15) is 22.4 Å². The summed E-state index contributed by atoms with van der Waals surface area (Å²) in [5.41, 5.74) is 0.539. The number of aromatic carboxylic acids is 1. The van der Waals surface area contributed by atoms with Crippen molar-refractivity contribution in [1.82, 2.24) is 4.98 Å². The molecule has 0 radical (unpaired) electrons. The maximum absolute atomic E-state index is 12.0. The standard InChI is InChI=1S/C14H14N2O4S/c1-2-20-11-6-4-3-5-9(11)15-12(17)7-13-16-10(8-21-13)14(18)19/h3-6,8H,2,7H2,1H3,(H,15,17)(H,18,19). The molecular formula is C14H14N2O4S. The van der Waals surface area contributed by atoms with Crippen molar-refractivity contribution >= 4 is 28.9 Å². The predicted octanol–water partition coefficient (Wildman–Crippen LogP) is 2.42. The van der Waals surface area contributed by atoms with Gasteiger partial charge in [-0.25, -0.2) is 9.78 Å². The van der Waals surface area contributed by atoms with Crippen molar-refractivity contribution in [3.8, 4) is 5.75 Å². The topological polar surface area (TPSA) is 88.5 Å². The van der Waals surface area contributed by atoms with E-state index < -0.39 is 5.97 Å². The minimum atomic E-state index is -1.10. The van der Waals surface area contributed by atoms with Crippen LogP contribution < -0.4 is 10.1 Å². The van der Waals surface area contributed by atoms with Crippen LogP contribution in [0, 0.1) is 0 Å². The Morgan fingerprint density at radius 2 is 2.14 bits per heavy atom. The molecule has 2 rings (SSSR count). The second kappa shape index (κ2) is 6.85. The lowest BCUT2D eigenvalue weighted by Crippen LogP contribution is -2.15. The number of thiazole rings is 1. The number of carboxylic acid groups (broad SMARTS) is 1. The smallest absolute Gasteiger partial charge is 0.355 e. The minimum Gasteiger partial charge on any atom is -0.492 e. The number of anilines is 1. The van der Waals surface area contributed by atoms with Gasteiger partial charge in [-0.3, -0.25) is 4.79 Å². The van der Waals surface area contributed by atoms with Gasteiger partial charge in [-0.1, -0.05) is 12.1 Å². The molecule has 0 bridgehead atoms. The SMILES string of the molecule is CCOc1ccccc1NC(=O)Cc1nc(C(=O)O)cs1. The molecule has 0 fully saturated rings. The maximum Gasteiger partial charge on any atom is 0.355 e.